The Hall–Kier alpha value is -3.08. The minimum atomic E-state index is -0.284. The summed E-state index contributed by atoms with van der Waals surface area (Å²) < 4.78 is 21.2. The molecule has 2 unspecified atom stereocenters. The van der Waals surface area contributed by atoms with Crippen LogP contribution in [0.3, 0.4) is 0 Å². The van der Waals surface area contributed by atoms with Crippen LogP contribution < -0.4 is 4.74 Å². The predicted molar refractivity (Wildman–Crippen MR) is 133 cm³/mol. The molecular formula is C29H33FN2O2. The molecule has 1 aliphatic heterocycles. The maximum Gasteiger partial charge on any atom is 0.255 e. The van der Waals surface area contributed by atoms with Gasteiger partial charge >= 0.3 is 0 Å². The number of benzene rings is 2. The van der Waals surface area contributed by atoms with Crippen LogP contribution in [0.4, 0.5) is 4.39 Å². The number of fused-ring (bicyclic) bond motifs is 2. The highest BCUT2D eigenvalue weighted by atomic mass is 19.1. The average molecular weight is 461 g/mol. The van der Waals surface area contributed by atoms with Gasteiger partial charge in [-0.2, -0.15) is 0 Å². The fourth-order valence-corrected chi connectivity index (χ4v) is 6.59. The van der Waals surface area contributed by atoms with E-state index in [-0.39, 0.29) is 28.6 Å². The van der Waals surface area contributed by atoms with Crippen LogP contribution in [0.1, 0.15) is 56.1 Å². The van der Waals surface area contributed by atoms with Crippen molar-refractivity contribution in [3.63, 3.8) is 0 Å². The molecule has 2 heterocycles. The van der Waals surface area contributed by atoms with Crippen LogP contribution in [0.5, 0.6) is 5.75 Å². The second-order valence-corrected chi connectivity index (χ2v) is 11.2. The lowest BCUT2D eigenvalue weighted by Crippen LogP contribution is -2.37. The van der Waals surface area contributed by atoms with Gasteiger partial charge in [-0.05, 0) is 79.5 Å². The summed E-state index contributed by atoms with van der Waals surface area (Å²) in [7, 11) is 1.64. The van der Waals surface area contributed by atoms with Crippen molar-refractivity contribution < 1.29 is 13.9 Å². The first-order chi connectivity index (χ1) is 16.1. The van der Waals surface area contributed by atoms with E-state index in [0.29, 0.717) is 5.56 Å². The van der Waals surface area contributed by atoms with Crippen LogP contribution >= 0.6 is 0 Å². The number of rotatable bonds is 4. The molecule has 4 nitrogen and oxygen atoms in total. The zero-order chi connectivity index (χ0) is 24.3. The lowest BCUT2D eigenvalue weighted by atomic mass is 9.65. The molecule has 5 rings (SSSR count). The van der Waals surface area contributed by atoms with E-state index in [1.54, 1.807) is 19.2 Å². The van der Waals surface area contributed by atoms with Crippen molar-refractivity contribution in [3.8, 4) is 22.7 Å². The van der Waals surface area contributed by atoms with Crippen LogP contribution in [0, 0.1) is 23.6 Å². The molecule has 34 heavy (non-hydrogen) atoms. The normalized spacial score (nSPS) is 23.2. The lowest BCUT2D eigenvalue weighted by molar-refractivity contribution is 0.0707. The van der Waals surface area contributed by atoms with Crippen molar-refractivity contribution in [1.29, 1.82) is 0 Å². The molecule has 0 radical (unpaired) electrons. The molecule has 2 bridgehead atoms. The number of aromatic nitrogens is 1. The first-order valence-electron chi connectivity index (χ1n) is 12.0. The van der Waals surface area contributed by atoms with Crippen molar-refractivity contribution in [2.24, 2.45) is 10.8 Å². The Morgan fingerprint density at radius 3 is 2.50 bits per heavy atom. The Bertz CT molecular complexity index is 1240. The molecule has 0 N–H and O–H groups in total. The lowest BCUT2D eigenvalue weighted by Gasteiger charge is -2.39. The maximum atomic E-state index is 14.0. The Morgan fingerprint density at radius 1 is 1.06 bits per heavy atom. The van der Waals surface area contributed by atoms with Gasteiger partial charge in [-0.1, -0.05) is 32.9 Å². The molecule has 1 saturated carbocycles. The Kier molecular flexibility index (Phi) is 5.34. The van der Waals surface area contributed by atoms with Gasteiger partial charge in [0, 0.05) is 29.5 Å². The van der Waals surface area contributed by atoms with Crippen molar-refractivity contribution >= 4 is 5.91 Å². The Balaban J connectivity index is 1.61. The van der Waals surface area contributed by atoms with Crippen molar-refractivity contribution in [2.45, 2.75) is 53.0 Å². The number of methoxy groups -OCH3 is 1. The summed E-state index contributed by atoms with van der Waals surface area (Å²) in [6.45, 7) is 9.75. The number of ether oxygens (including phenoxy) is 1. The molecule has 1 saturated heterocycles. The number of hydrogen-bond acceptors (Lipinski definition) is 2. The Labute approximate surface area is 201 Å². The molecule has 1 amide bonds. The number of carbonyl (C=O) groups is 1. The summed E-state index contributed by atoms with van der Waals surface area (Å²) in [6.07, 6.45) is 3.25. The van der Waals surface area contributed by atoms with E-state index < -0.39 is 0 Å². The standard InChI is InChI=1S/C29H33FN2O2/c1-19-25(27(33)31-18-29(4)16-23(31)15-28(2,3)17-29)14-26(20-7-6-8-24(13-20)34-5)32(19)22-11-9-21(30)10-12-22/h6-14,23H,15-18H2,1-5H3. The zero-order valence-electron chi connectivity index (χ0n) is 20.7. The van der Waals surface area contributed by atoms with E-state index >= 15 is 0 Å². The number of likely N-dealkylation sites (tertiary alicyclic amines) is 1. The molecule has 3 aromatic rings. The summed E-state index contributed by atoms with van der Waals surface area (Å²) in [6, 6.07) is 16.5. The van der Waals surface area contributed by atoms with Crippen LogP contribution in [0.25, 0.3) is 16.9 Å². The van der Waals surface area contributed by atoms with Crippen LogP contribution in [0.2, 0.25) is 0 Å². The quantitative estimate of drug-likeness (QED) is 0.437. The van der Waals surface area contributed by atoms with E-state index in [0.717, 1.165) is 54.2 Å². The van der Waals surface area contributed by atoms with E-state index in [4.69, 9.17) is 4.74 Å². The fraction of sp³-hybridized carbons (Fsp3) is 0.414. The highest BCUT2D eigenvalue weighted by Crippen LogP contribution is 2.53. The summed E-state index contributed by atoms with van der Waals surface area (Å²) in [5, 5.41) is 0. The molecule has 5 heteroatoms. The highest BCUT2D eigenvalue weighted by Gasteiger charge is 2.51. The van der Waals surface area contributed by atoms with E-state index in [1.807, 2.05) is 37.3 Å². The first-order valence-corrected chi connectivity index (χ1v) is 12.0. The van der Waals surface area contributed by atoms with Gasteiger partial charge in [0.1, 0.15) is 11.6 Å². The third-order valence-electron chi connectivity index (χ3n) is 7.60. The van der Waals surface area contributed by atoms with Gasteiger partial charge in [-0.15, -0.1) is 0 Å². The summed E-state index contributed by atoms with van der Waals surface area (Å²) >= 11 is 0. The molecule has 2 atom stereocenters. The molecule has 1 aliphatic carbocycles. The maximum absolute atomic E-state index is 14.0. The third-order valence-corrected chi connectivity index (χ3v) is 7.60. The second kappa shape index (κ2) is 8.00. The monoisotopic (exact) mass is 460 g/mol. The van der Waals surface area contributed by atoms with Gasteiger partial charge in [0.05, 0.1) is 18.4 Å². The molecule has 178 valence electrons. The smallest absolute Gasteiger partial charge is 0.255 e. The molecule has 2 aliphatic rings. The number of hydrogen-bond donors (Lipinski definition) is 0. The van der Waals surface area contributed by atoms with Crippen molar-refractivity contribution in [2.75, 3.05) is 13.7 Å². The zero-order valence-corrected chi connectivity index (χ0v) is 20.7. The SMILES string of the molecule is COc1cccc(-c2cc(C(=O)N3CC4(C)CC3CC(C)(C)C4)c(C)n2-c2ccc(F)cc2)c1. The van der Waals surface area contributed by atoms with Gasteiger partial charge in [-0.25, -0.2) is 4.39 Å². The number of halogens is 1. The third kappa shape index (κ3) is 3.91. The van der Waals surface area contributed by atoms with Gasteiger partial charge in [0.2, 0.25) is 0 Å². The van der Waals surface area contributed by atoms with Gasteiger partial charge < -0.3 is 14.2 Å². The van der Waals surface area contributed by atoms with Crippen LogP contribution in [-0.4, -0.2) is 35.1 Å². The topological polar surface area (TPSA) is 34.5 Å². The van der Waals surface area contributed by atoms with Gasteiger partial charge in [0.15, 0.2) is 0 Å². The molecular weight excluding hydrogens is 427 g/mol. The predicted octanol–water partition coefficient (Wildman–Crippen LogP) is 6.64. The minimum Gasteiger partial charge on any atom is -0.497 e. The fourth-order valence-electron chi connectivity index (χ4n) is 6.59. The number of amides is 1. The molecule has 0 spiro atoms. The van der Waals surface area contributed by atoms with Gasteiger partial charge in [0.25, 0.3) is 5.91 Å². The number of carbonyl (C=O) groups excluding carboxylic acids is 1. The summed E-state index contributed by atoms with van der Waals surface area (Å²) in [5.74, 6) is 0.556. The van der Waals surface area contributed by atoms with E-state index in [1.165, 1.54) is 12.1 Å². The average Bonchev–Trinajstić information content (AvgIpc) is 3.26. The van der Waals surface area contributed by atoms with Crippen molar-refractivity contribution in [3.05, 3.63) is 71.7 Å². The molecule has 1 aromatic heterocycles. The number of nitrogens with zero attached hydrogens (tertiary/aromatic N) is 2. The highest BCUT2D eigenvalue weighted by molar-refractivity contribution is 5.98. The van der Waals surface area contributed by atoms with Crippen LogP contribution in [0.15, 0.2) is 54.6 Å². The molecule has 2 fully saturated rings. The second-order valence-electron chi connectivity index (χ2n) is 11.2. The Morgan fingerprint density at radius 2 is 1.79 bits per heavy atom. The largest absolute Gasteiger partial charge is 0.497 e. The van der Waals surface area contributed by atoms with E-state index in [9.17, 15) is 9.18 Å². The molecule has 2 aromatic carbocycles. The van der Waals surface area contributed by atoms with Crippen molar-refractivity contribution in [1.82, 2.24) is 9.47 Å². The summed E-state index contributed by atoms with van der Waals surface area (Å²) in [5.41, 5.74) is 4.64. The van der Waals surface area contributed by atoms with E-state index in [2.05, 4.69) is 30.2 Å². The summed E-state index contributed by atoms with van der Waals surface area (Å²) in [4.78, 5) is 16.1. The first kappa shape index (κ1) is 22.7. The minimum absolute atomic E-state index is 0.0916. The van der Waals surface area contributed by atoms with Gasteiger partial charge in [-0.3, -0.25) is 4.79 Å². The van der Waals surface area contributed by atoms with Crippen LogP contribution in [-0.2, 0) is 0 Å².